The Hall–Kier alpha value is -1.47. The highest BCUT2D eigenvalue weighted by atomic mass is 35.5. The molecule has 0 heterocycles. The summed E-state index contributed by atoms with van der Waals surface area (Å²) in [6.07, 6.45) is 0. The molecule has 0 aliphatic rings. The SMILES string of the molecule is COc1c(C)cc(C(Cl)c2cc(C)cc(C)c2)cc1C. The second-order valence-corrected chi connectivity index (χ2v) is 5.91. The first-order valence-electron chi connectivity index (χ1n) is 6.79. The zero-order valence-corrected chi connectivity index (χ0v) is 13.5. The van der Waals surface area contributed by atoms with Gasteiger partial charge in [0, 0.05) is 0 Å². The van der Waals surface area contributed by atoms with Crippen LogP contribution in [0, 0.1) is 27.7 Å². The summed E-state index contributed by atoms with van der Waals surface area (Å²) < 4.78 is 5.41. The highest BCUT2D eigenvalue weighted by Crippen LogP contribution is 2.34. The molecule has 0 N–H and O–H groups in total. The third kappa shape index (κ3) is 2.99. The third-order valence-electron chi connectivity index (χ3n) is 3.52. The summed E-state index contributed by atoms with van der Waals surface area (Å²) >= 11 is 6.67. The van der Waals surface area contributed by atoms with Crippen LogP contribution in [0.4, 0.5) is 0 Å². The smallest absolute Gasteiger partial charge is 0.124 e. The second-order valence-electron chi connectivity index (χ2n) is 5.47. The van der Waals surface area contributed by atoms with Crippen molar-refractivity contribution in [3.8, 4) is 5.75 Å². The van der Waals surface area contributed by atoms with Crippen LogP contribution in [0.25, 0.3) is 0 Å². The fraction of sp³-hybridized carbons (Fsp3) is 0.333. The Morgan fingerprint density at radius 1 is 0.800 bits per heavy atom. The summed E-state index contributed by atoms with van der Waals surface area (Å²) in [6, 6.07) is 10.7. The van der Waals surface area contributed by atoms with Gasteiger partial charge in [-0.05, 0) is 49.9 Å². The third-order valence-corrected chi connectivity index (χ3v) is 4.02. The maximum Gasteiger partial charge on any atom is 0.124 e. The Labute approximate surface area is 126 Å². The van der Waals surface area contributed by atoms with Gasteiger partial charge in [-0.1, -0.05) is 41.5 Å². The molecule has 2 aromatic carbocycles. The molecule has 20 heavy (non-hydrogen) atoms. The van der Waals surface area contributed by atoms with E-state index in [9.17, 15) is 0 Å². The molecule has 1 nitrogen and oxygen atoms in total. The molecule has 0 saturated carbocycles. The van der Waals surface area contributed by atoms with Crippen LogP contribution in [0.1, 0.15) is 38.8 Å². The number of ether oxygens (including phenoxy) is 1. The lowest BCUT2D eigenvalue weighted by Crippen LogP contribution is -1.99. The molecule has 0 aliphatic carbocycles. The Kier molecular flexibility index (Phi) is 4.39. The van der Waals surface area contributed by atoms with Gasteiger partial charge in [0.2, 0.25) is 0 Å². The van der Waals surface area contributed by atoms with Crippen molar-refractivity contribution in [2.75, 3.05) is 7.11 Å². The largest absolute Gasteiger partial charge is 0.496 e. The van der Waals surface area contributed by atoms with Crippen LogP contribution >= 0.6 is 11.6 Å². The molecule has 0 bridgehead atoms. The van der Waals surface area contributed by atoms with Crippen molar-refractivity contribution in [3.63, 3.8) is 0 Å². The number of rotatable bonds is 3. The number of halogens is 1. The van der Waals surface area contributed by atoms with E-state index in [0.717, 1.165) is 28.0 Å². The van der Waals surface area contributed by atoms with Crippen LogP contribution in [0.15, 0.2) is 30.3 Å². The van der Waals surface area contributed by atoms with Crippen LogP contribution in [0.2, 0.25) is 0 Å². The zero-order chi connectivity index (χ0) is 14.9. The normalized spacial score (nSPS) is 12.3. The monoisotopic (exact) mass is 288 g/mol. The lowest BCUT2D eigenvalue weighted by atomic mass is 9.97. The van der Waals surface area contributed by atoms with Gasteiger partial charge >= 0.3 is 0 Å². The Morgan fingerprint density at radius 2 is 1.25 bits per heavy atom. The summed E-state index contributed by atoms with van der Waals surface area (Å²) in [7, 11) is 1.71. The van der Waals surface area contributed by atoms with E-state index in [1.165, 1.54) is 11.1 Å². The molecule has 0 aromatic heterocycles. The number of aryl methyl sites for hydroxylation is 4. The lowest BCUT2D eigenvalue weighted by molar-refractivity contribution is 0.408. The molecule has 0 aliphatic heterocycles. The first kappa shape index (κ1) is 14.9. The maximum absolute atomic E-state index is 6.67. The van der Waals surface area contributed by atoms with Crippen molar-refractivity contribution in [3.05, 3.63) is 63.7 Å². The van der Waals surface area contributed by atoms with Crippen molar-refractivity contribution < 1.29 is 4.74 Å². The minimum Gasteiger partial charge on any atom is -0.496 e. The van der Waals surface area contributed by atoms with E-state index < -0.39 is 0 Å². The van der Waals surface area contributed by atoms with Crippen molar-refractivity contribution in [2.24, 2.45) is 0 Å². The predicted molar refractivity (Wildman–Crippen MR) is 86.1 cm³/mol. The van der Waals surface area contributed by atoms with E-state index in [1.54, 1.807) is 7.11 Å². The van der Waals surface area contributed by atoms with Gasteiger partial charge < -0.3 is 4.74 Å². The van der Waals surface area contributed by atoms with E-state index in [-0.39, 0.29) is 5.38 Å². The molecular formula is C18H21ClO. The van der Waals surface area contributed by atoms with Gasteiger partial charge in [-0.2, -0.15) is 0 Å². The summed E-state index contributed by atoms with van der Waals surface area (Å²) in [5, 5.41) is -0.128. The van der Waals surface area contributed by atoms with Gasteiger partial charge in [-0.25, -0.2) is 0 Å². The van der Waals surface area contributed by atoms with Gasteiger partial charge in [0.15, 0.2) is 0 Å². The van der Waals surface area contributed by atoms with E-state index in [4.69, 9.17) is 16.3 Å². The fourth-order valence-electron chi connectivity index (χ4n) is 2.80. The van der Waals surface area contributed by atoms with Crippen molar-refractivity contribution >= 4 is 11.6 Å². The maximum atomic E-state index is 6.67. The summed E-state index contributed by atoms with van der Waals surface area (Å²) in [4.78, 5) is 0. The Morgan fingerprint density at radius 3 is 1.70 bits per heavy atom. The Bertz CT molecular complexity index is 588. The topological polar surface area (TPSA) is 9.23 Å². The Balaban J connectivity index is 2.45. The molecule has 2 aromatic rings. The van der Waals surface area contributed by atoms with Gasteiger partial charge in [0.05, 0.1) is 12.5 Å². The van der Waals surface area contributed by atoms with Crippen LogP contribution in [0.5, 0.6) is 5.75 Å². The molecule has 1 atom stereocenters. The number of benzene rings is 2. The van der Waals surface area contributed by atoms with Gasteiger partial charge in [-0.15, -0.1) is 11.6 Å². The van der Waals surface area contributed by atoms with Crippen molar-refractivity contribution in [2.45, 2.75) is 33.1 Å². The highest BCUT2D eigenvalue weighted by Gasteiger charge is 2.14. The predicted octanol–water partition coefficient (Wildman–Crippen LogP) is 5.26. The standard InChI is InChI=1S/C18H21ClO/c1-11-6-12(2)8-15(7-11)17(19)16-9-13(3)18(20-5)14(4)10-16/h6-10,17H,1-5H3. The van der Waals surface area contributed by atoms with E-state index in [1.807, 2.05) is 0 Å². The van der Waals surface area contributed by atoms with Crippen LogP contribution in [0.3, 0.4) is 0 Å². The van der Waals surface area contributed by atoms with Crippen molar-refractivity contribution in [1.82, 2.24) is 0 Å². The van der Waals surface area contributed by atoms with Gasteiger partial charge in [0.1, 0.15) is 5.75 Å². The minimum absolute atomic E-state index is 0.128. The summed E-state index contributed by atoms with van der Waals surface area (Å²) in [5.74, 6) is 0.943. The molecule has 2 heteroatoms. The van der Waals surface area contributed by atoms with Crippen LogP contribution in [-0.4, -0.2) is 7.11 Å². The average Bonchev–Trinajstić information content (AvgIpc) is 2.36. The van der Waals surface area contributed by atoms with E-state index in [2.05, 4.69) is 58.0 Å². The molecular weight excluding hydrogens is 268 g/mol. The average molecular weight is 289 g/mol. The molecule has 0 amide bonds. The number of hydrogen-bond donors (Lipinski definition) is 0. The molecule has 0 spiro atoms. The van der Waals surface area contributed by atoms with Crippen LogP contribution < -0.4 is 4.74 Å². The molecule has 0 fully saturated rings. The molecule has 2 rings (SSSR count). The van der Waals surface area contributed by atoms with Crippen LogP contribution in [-0.2, 0) is 0 Å². The zero-order valence-electron chi connectivity index (χ0n) is 12.8. The molecule has 0 saturated heterocycles. The number of alkyl halides is 1. The van der Waals surface area contributed by atoms with Crippen molar-refractivity contribution in [1.29, 1.82) is 0 Å². The first-order valence-corrected chi connectivity index (χ1v) is 7.23. The van der Waals surface area contributed by atoms with E-state index >= 15 is 0 Å². The van der Waals surface area contributed by atoms with Gasteiger partial charge in [0.25, 0.3) is 0 Å². The summed E-state index contributed by atoms with van der Waals surface area (Å²) in [6.45, 7) is 8.32. The quantitative estimate of drug-likeness (QED) is 0.700. The molecule has 0 radical (unpaired) electrons. The number of methoxy groups -OCH3 is 1. The van der Waals surface area contributed by atoms with Gasteiger partial charge in [-0.3, -0.25) is 0 Å². The molecule has 106 valence electrons. The number of hydrogen-bond acceptors (Lipinski definition) is 1. The minimum atomic E-state index is -0.128. The lowest BCUT2D eigenvalue weighted by Gasteiger charge is -2.16. The first-order chi connectivity index (χ1) is 9.42. The van der Waals surface area contributed by atoms with E-state index in [0.29, 0.717) is 0 Å². The highest BCUT2D eigenvalue weighted by molar-refractivity contribution is 6.22. The second kappa shape index (κ2) is 5.88. The summed E-state index contributed by atoms with van der Waals surface area (Å²) in [5.41, 5.74) is 7.00. The molecule has 1 unspecified atom stereocenters. The fourth-order valence-corrected chi connectivity index (χ4v) is 3.05.